The van der Waals surface area contributed by atoms with Crippen molar-refractivity contribution in [1.82, 2.24) is 4.90 Å². The third-order valence-corrected chi connectivity index (χ3v) is 2.42. The van der Waals surface area contributed by atoms with Crippen LogP contribution in [0.5, 0.6) is 0 Å². The van der Waals surface area contributed by atoms with Crippen molar-refractivity contribution in [2.45, 2.75) is 33.2 Å². The van der Waals surface area contributed by atoms with Crippen LogP contribution in [0.4, 0.5) is 0 Å². The maximum absolute atomic E-state index is 11.1. The monoisotopic (exact) mass is 183 g/mol. The molecule has 2 nitrogen and oxygen atoms in total. The van der Waals surface area contributed by atoms with Gasteiger partial charge in [0, 0.05) is 6.54 Å². The lowest BCUT2D eigenvalue weighted by Crippen LogP contribution is -2.30. The lowest BCUT2D eigenvalue weighted by atomic mass is 9.90. The first-order chi connectivity index (χ1) is 5.92. The van der Waals surface area contributed by atoms with Crippen molar-refractivity contribution in [3.05, 3.63) is 13.2 Å². The third kappa shape index (κ3) is 3.31. The average molecular weight is 183 g/mol. The van der Waals surface area contributed by atoms with E-state index in [1.54, 1.807) is 6.92 Å². The second-order valence-electron chi connectivity index (χ2n) is 4.41. The lowest BCUT2D eigenvalue weighted by Gasteiger charge is -2.15. The van der Waals surface area contributed by atoms with Crippen molar-refractivity contribution in [2.75, 3.05) is 13.6 Å². The summed E-state index contributed by atoms with van der Waals surface area (Å²) in [6.45, 7) is 13.2. The van der Waals surface area contributed by atoms with Gasteiger partial charge in [0.25, 0.3) is 0 Å². The Morgan fingerprint density at radius 1 is 1.46 bits per heavy atom. The van der Waals surface area contributed by atoms with Crippen molar-refractivity contribution in [3.8, 4) is 0 Å². The van der Waals surface area contributed by atoms with Gasteiger partial charge in [-0.2, -0.15) is 0 Å². The molecule has 1 aliphatic heterocycles. The van der Waals surface area contributed by atoms with Gasteiger partial charge in [-0.25, -0.2) is 0 Å². The van der Waals surface area contributed by atoms with E-state index in [1.165, 1.54) is 0 Å². The number of carbonyl (C=O) groups is 1. The number of nitrogens with zero attached hydrogens (tertiary/aromatic N) is 1. The molecule has 2 heteroatoms. The van der Waals surface area contributed by atoms with Gasteiger partial charge >= 0.3 is 0 Å². The Kier molecular flexibility index (Phi) is 4.34. The van der Waals surface area contributed by atoms with E-state index >= 15 is 0 Å². The molecule has 0 amide bonds. The zero-order valence-electron chi connectivity index (χ0n) is 9.26. The molecule has 0 N–H and O–H groups in total. The first-order valence-corrected chi connectivity index (χ1v) is 4.63. The summed E-state index contributed by atoms with van der Waals surface area (Å²) in [6, 6.07) is 0.171. The Hall–Kier alpha value is -0.630. The van der Waals surface area contributed by atoms with E-state index in [4.69, 9.17) is 0 Å². The van der Waals surface area contributed by atoms with Gasteiger partial charge < -0.3 is 0 Å². The third-order valence-electron chi connectivity index (χ3n) is 2.42. The normalized spacial score (nSPS) is 26.3. The predicted octanol–water partition coefficient (Wildman–Crippen LogP) is 2.11. The van der Waals surface area contributed by atoms with E-state index in [0.717, 1.165) is 13.0 Å². The van der Waals surface area contributed by atoms with Crippen LogP contribution < -0.4 is 0 Å². The van der Waals surface area contributed by atoms with Crippen molar-refractivity contribution in [1.29, 1.82) is 0 Å². The number of hydrogen-bond acceptors (Lipinski definition) is 2. The summed E-state index contributed by atoms with van der Waals surface area (Å²) in [5.41, 5.74) is 0.324. The first-order valence-electron chi connectivity index (χ1n) is 4.63. The minimum atomic E-state index is 0.171. The first kappa shape index (κ1) is 12.4. The van der Waals surface area contributed by atoms with Crippen LogP contribution in [0.15, 0.2) is 13.2 Å². The molecule has 76 valence electrons. The molecule has 0 aliphatic carbocycles. The van der Waals surface area contributed by atoms with Crippen molar-refractivity contribution in [3.63, 3.8) is 0 Å². The average Bonchev–Trinajstić information content (AvgIpc) is 2.29. The molecule has 0 aromatic rings. The summed E-state index contributed by atoms with van der Waals surface area (Å²) in [4.78, 5) is 13.3. The van der Waals surface area contributed by atoms with E-state index in [0.29, 0.717) is 11.2 Å². The van der Waals surface area contributed by atoms with E-state index in [2.05, 4.69) is 31.9 Å². The number of ketones is 1. The summed E-state index contributed by atoms with van der Waals surface area (Å²) >= 11 is 0. The van der Waals surface area contributed by atoms with Crippen LogP contribution in [0.2, 0.25) is 0 Å². The second kappa shape index (κ2) is 4.56. The summed E-state index contributed by atoms with van der Waals surface area (Å²) in [5, 5.41) is 0. The molecule has 13 heavy (non-hydrogen) atoms. The van der Waals surface area contributed by atoms with E-state index in [-0.39, 0.29) is 6.04 Å². The Bertz CT molecular complexity index is 187. The molecule has 0 radical (unpaired) electrons. The molecule has 0 unspecified atom stereocenters. The Morgan fingerprint density at radius 3 is 2.08 bits per heavy atom. The molecule has 1 fully saturated rings. The number of likely N-dealkylation sites (N-methyl/N-ethyl adjacent to an activating group) is 1. The van der Waals surface area contributed by atoms with Gasteiger partial charge in [-0.1, -0.05) is 13.8 Å². The Morgan fingerprint density at radius 2 is 1.92 bits per heavy atom. The van der Waals surface area contributed by atoms with Gasteiger partial charge in [0.05, 0.1) is 6.04 Å². The van der Waals surface area contributed by atoms with E-state index < -0.39 is 0 Å². The van der Waals surface area contributed by atoms with E-state index in [9.17, 15) is 4.79 Å². The summed E-state index contributed by atoms with van der Waals surface area (Å²) < 4.78 is 0. The highest BCUT2D eigenvalue weighted by atomic mass is 16.1. The fraction of sp³-hybridized carbons (Fsp3) is 0.727. The standard InChI is InChI=1S/C9H17NO.C2H4/c1-7(11)8-5-9(2,3)6-10(8)4;1-2/h8H,5-6H2,1-4H3;1-2H2/t8-;/m0./s1. The largest absolute Gasteiger partial charge is 0.298 e. The molecule has 0 saturated carbocycles. The van der Waals surface area contributed by atoms with E-state index in [1.807, 2.05) is 7.05 Å². The van der Waals surface area contributed by atoms with Gasteiger partial charge in [0.1, 0.15) is 5.78 Å². The zero-order chi connectivity index (χ0) is 10.6. The van der Waals surface area contributed by atoms with Gasteiger partial charge in [-0.3, -0.25) is 9.69 Å². The topological polar surface area (TPSA) is 20.3 Å². The molecule has 0 spiro atoms. The van der Waals surface area contributed by atoms with Crippen molar-refractivity contribution >= 4 is 5.78 Å². The SMILES string of the molecule is C=C.CC(=O)[C@@H]1CC(C)(C)CN1C. The molecule has 0 aromatic heterocycles. The highest BCUT2D eigenvalue weighted by Gasteiger charge is 2.37. The van der Waals surface area contributed by atoms with Gasteiger partial charge in [0.2, 0.25) is 0 Å². The van der Waals surface area contributed by atoms with Crippen molar-refractivity contribution in [2.24, 2.45) is 5.41 Å². The fourth-order valence-electron chi connectivity index (χ4n) is 1.98. The molecule has 1 saturated heterocycles. The Balaban J connectivity index is 0.000000671. The summed E-state index contributed by atoms with van der Waals surface area (Å²) in [6.07, 6.45) is 1.01. The van der Waals surface area contributed by atoms with Gasteiger partial charge in [-0.15, -0.1) is 13.2 Å². The number of likely N-dealkylation sites (tertiary alicyclic amines) is 1. The van der Waals surface area contributed by atoms with Crippen LogP contribution in [-0.2, 0) is 4.79 Å². The van der Waals surface area contributed by atoms with Crippen LogP contribution >= 0.6 is 0 Å². The molecular weight excluding hydrogens is 162 g/mol. The zero-order valence-corrected chi connectivity index (χ0v) is 9.26. The van der Waals surface area contributed by atoms with Gasteiger partial charge in [0.15, 0.2) is 0 Å². The van der Waals surface area contributed by atoms with Crippen LogP contribution in [0.3, 0.4) is 0 Å². The predicted molar refractivity (Wildman–Crippen MR) is 56.8 cm³/mol. The summed E-state index contributed by atoms with van der Waals surface area (Å²) in [7, 11) is 2.03. The van der Waals surface area contributed by atoms with Gasteiger partial charge in [-0.05, 0) is 25.8 Å². The van der Waals surface area contributed by atoms with Crippen LogP contribution in [0.1, 0.15) is 27.2 Å². The maximum atomic E-state index is 11.1. The van der Waals surface area contributed by atoms with Crippen molar-refractivity contribution < 1.29 is 4.79 Å². The minimum absolute atomic E-state index is 0.171. The molecule has 1 atom stereocenters. The molecular formula is C11H21NO. The smallest absolute Gasteiger partial charge is 0.146 e. The number of carbonyl (C=O) groups excluding carboxylic acids is 1. The van der Waals surface area contributed by atoms with Crippen LogP contribution in [0.25, 0.3) is 0 Å². The van der Waals surface area contributed by atoms with Crippen LogP contribution in [-0.4, -0.2) is 30.3 Å². The maximum Gasteiger partial charge on any atom is 0.146 e. The molecule has 1 rings (SSSR count). The highest BCUT2D eigenvalue weighted by Crippen LogP contribution is 2.32. The minimum Gasteiger partial charge on any atom is -0.298 e. The quantitative estimate of drug-likeness (QED) is 0.580. The Labute approximate surface area is 81.6 Å². The molecule has 1 aliphatic rings. The second-order valence-corrected chi connectivity index (χ2v) is 4.41. The number of Topliss-reactive ketones (excluding diaryl/α,β-unsaturated/α-hetero) is 1. The molecule has 1 heterocycles. The van der Waals surface area contributed by atoms with Crippen LogP contribution in [0, 0.1) is 5.41 Å². The lowest BCUT2D eigenvalue weighted by molar-refractivity contribution is -0.120. The summed E-state index contributed by atoms with van der Waals surface area (Å²) in [5.74, 6) is 0.304. The molecule has 0 aromatic carbocycles. The number of hydrogen-bond donors (Lipinski definition) is 0. The highest BCUT2D eigenvalue weighted by molar-refractivity contribution is 5.81. The number of rotatable bonds is 1. The fourth-order valence-corrected chi connectivity index (χ4v) is 1.98. The molecule has 0 bridgehead atoms.